The molecule has 1 heteroatoms. The summed E-state index contributed by atoms with van der Waals surface area (Å²) in [7, 11) is 0. The van der Waals surface area contributed by atoms with Crippen LogP contribution < -0.4 is 5.32 Å². The predicted octanol–water partition coefficient (Wildman–Crippen LogP) is 3.84. The minimum atomic E-state index is 0.272. The second-order valence-electron chi connectivity index (χ2n) is 5.71. The first kappa shape index (κ1) is 14.0. The van der Waals surface area contributed by atoms with Crippen LogP contribution >= 0.6 is 0 Å². The summed E-state index contributed by atoms with van der Waals surface area (Å²) in [5, 5.41) is 3.55. The van der Waals surface area contributed by atoms with Gasteiger partial charge in [-0.1, -0.05) is 33.6 Å². The largest absolute Gasteiger partial charge is 0.312 e. The van der Waals surface area contributed by atoms with Gasteiger partial charge in [0.05, 0.1) is 0 Å². The van der Waals surface area contributed by atoms with Crippen LogP contribution in [0.1, 0.15) is 60.8 Å². The normalized spacial score (nSPS) is 16.7. The molecule has 0 amide bonds. The number of rotatable bonds is 6. The van der Waals surface area contributed by atoms with Crippen molar-refractivity contribution in [3.8, 4) is 0 Å². The van der Waals surface area contributed by atoms with Gasteiger partial charge in [-0.2, -0.15) is 0 Å². The van der Waals surface area contributed by atoms with Crippen molar-refractivity contribution in [3.63, 3.8) is 0 Å². The summed E-state index contributed by atoms with van der Waals surface area (Å²) < 4.78 is 0. The molecule has 0 saturated heterocycles. The molecule has 14 heavy (non-hydrogen) atoms. The highest BCUT2D eigenvalue weighted by Crippen LogP contribution is 2.19. The van der Waals surface area contributed by atoms with E-state index in [9.17, 15) is 0 Å². The van der Waals surface area contributed by atoms with E-state index < -0.39 is 0 Å². The maximum atomic E-state index is 3.55. The maximum absolute atomic E-state index is 3.55. The van der Waals surface area contributed by atoms with Crippen LogP contribution in [0.15, 0.2) is 0 Å². The van der Waals surface area contributed by atoms with E-state index in [1.807, 2.05) is 0 Å². The van der Waals surface area contributed by atoms with E-state index in [2.05, 4.69) is 46.9 Å². The Bertz CT molecular complexity index is 135. The molecule has 0 fully saturated rings. The lowest BCUT2D eigenvalue weighted by atomic mass is 9.89. The van der Waals surface area contributed by atoms with Crippen LogP contribution in [0, 0.1) is 11.8 Å². The Kier molecular flexibility index (Phi) is 6.43. The second-order valence-corrected chi connectivity index (χ2v) is 5.71. The van der Waals surface area contributed by atoms with Crippen LogP contribution in [-0.2, 0) is 0 Å². The Morgan fingerprint density at radius 2 is 1.50 bits per heavy atom. The van der Waals surface area contributed by atoms with Crippen molar-refractivity contribution in [2.24, 2.45) is 11.8 Å². The van der Waals surface area contributed by atoms with Crippen LogP contribution in [0.3, 0.4) is 0 Å². The highest BCUT2D eigenvalue weighted by atomic mass is 14.9. The summed E-state index contributed by atoms with van der Waals surface area (Å²) in [6.07, 6.45) is 3.99. The van der Waals surface area contributed by atoms with E-state index >= 15 is 0 Å². The van der Waals surface area contributed by atoms with Crippen LogP contribution in [0.5, 0.6) is 0 Å². The van der Waals surface area contributed by atoms with Gasteiger partial charge < -0.3 is 5.32 Å². The van der Waals surface area contributed by atoms with Gasteiger partial charge >= 0.3 is 0 Å². The number of nitrogens with one attached hydrogen (secondary N) is 1. The van der Waals surface area contributed by atoms with Gasteiger partial charge in [-0.25, -0.2) is 0 Å². The van der Waals surface area contributed by atoms with Crippen molar-refractivity contribution < 1.29 is 0 Å². The zero-order valence-electron chi connectivity index (χ0n) is 11.0. The van der Waals surface area contributed by atoms with Crippen LogP contribution in [-0.4, -0.2) is 12.1 Å². The summed E-state index contributed by atoms with van der Waals surface area (Å²) in [4.78, 5) is 0. The lowest BCUT2D eigenvalue weighted by molar-refractivity contribution is 0.317. The molecule has 2 unspecified atom stereocenters. The molecular formula is C13H29N. The van der Waals surface area contributed by atoms with Crippen LogP contribution in [0.2, 0.25) is 0 Å². The summed E-state index contributed by atoms with van der Waals surface area (Å²) in [5.74, 6) is 1.73. The lowest BCUT2D eigenvalue weighted by Crippen LogP contribution is -2.37. The summed E-state index contributed by atoms with van der Waals surface area (Å²) in [5.41, 5.74) is 0.272. The fourth-order valence-electron chi connectivity index (χ4n) is 1.70. The van der Waals surface area contributed by atoms with Crippen molar-refractivity contribution in [2.45, 2.75) is 66.3 Å². The zero-order chi connectivity index (χ0) is 11.2. The molecule has 2 atom stereocenters. The minimum Gasteiger partial charge on any atom is -0.312 e. The Morgan fingerprint density at radius 3 is 1.93 bits per heavy atom. The van der Waals surface area contributed by atoms with Gasteiger partial charge in [0.2, 0.25) is 0 Å². The van der Waals surface area contributed by atoms with Crippen LogP contribution in [0.4, 0.5) is 0 Å². The van der Waals surface area contributed by atoms with Crippen molar-refractivity contribution in [1.82, 2.24) is 5.32 Å². The predicted molar refractivity (Wildman–Crippen MR) is 65.6 cm³/mol. The van der Waals surface area contributed by atoms with Gasteiger partial charge in [0, 0.05) is 5.54 Å². The molecule has 0 radical (unpaired) electrons. The van der Waals surface area contributed by atoms with E-state index in [-0.39, 0.29) is 5.54 Å². The van der Waals surface area contributed by atoms with E-state index in [0.717, 1.165) is 18.4 Å². The quantitative estimate of drug-likeness (QED) is 0.685. The van der Waals surface area contributed by atoms with Gasteiger partial charge in [-0.15, -0.1) is 0 Å². The highest BCUT2D eigenvalue weighted by molar-refractivity contribution is 4.71. The third-order valence-electron chi connectivity index (χ3n) is 2.97. The molecule has 0 aromatic rings. The fraction of sp³-hybridized carbons (Fsp3) is 1.00. The molecular weight excluding hydrogens is 170 g/mol. The fourth-order valence-corrected chi connectivity index (χ4v) is 1.70. The molecule has 0 heterocycles. The molecule has 1 N–H and O–H groups in total. The molecule has 0 rings (SSSR count). The molecule has 86 valence electrons. The summed E-state index contributed by atoms with van der Waals surface area (Å²) >= 11 is 0. The third-order valence-corrected chi connectivity index (χ3v) is 2.97. The van der Waals surface area contributed by atoms with Crippen molar-refractivity contribution >= 4 is 0 Å². The first-order chi connectivity index (χ1) is 6.37. The first-order valence-electron chi connectivity index (χ1n) is 6.12. The molecule has 0 bridgehead atoms. The second kappa shape index (κ2) is 6.44. The molecule has 1 nitrogen and oxygen atoms in total. The average Bonchev–Trinajstić information content (AvgIpc) is 2.02. The topological polar surface area (TPSA) is 12.0 Å². The summed E-state index contributed by atoms with van der Waals surface area (Å²) in [6.45, 7) is 14.9. The Hall–Kier alpha value is -0.0400. The highest BCUT2D eigenvalue weighted by Gasteiger charge is 2.13. The van der Waals surface area contributed by atoms with Crippen molar-refractivity contribution in [3.05, 3.63) is 0 Å². The Labute approximate surface area is 90.7 Å². The smallest absolute Gasteiger partial charge is 0.00965 e. The molecule has 0 spiro atoms. The molecule has 0 aliphatic rings. The molecule has 0 aromatic heterocycles. The maximum Gasteiger partial charge on any atom is 0.00965 e. The van der Waals surface area contributed by atoms with Crippen molar-refractivity contribution in [1.29, 1.82) is 0 Å². The molecule has 0 aliphatic heterocycles. The van der Waals surface area contributed by atoms with Gasteiger partial charge in [-0.3, -0.25) is 0 Å². The monoisotopic (exact) mass is 199 g/mol. The number of hydrogen-bond acceptors (Lipinski definition) is 1. The van der Waals surface area contributed by atoms with E-state index in [4.69, 9.17) is 0 Å². The van der Waals surface area contributed by atoms with E-state index in [1.54, 1.807) is 0 Å². The Morgan fingerprint density at radius 1 is 1.00 bits per heavy atom. The van der Waals surface area contributed by atoms with Crippen LogP contribution in [0.25, 0.3) is 0 Å². The van der Waals surface area contributed by atoms with Crippen molar-refractivity contribution in [2.75, 3.05) is 6.54 Å². The molecule has 0 saturated carbocycles. The van der Waals surface area contributed by atoms with E-state index in [1.165, 1.54) is 19.3 Å². The third kappa shape index (κ3) is 7.37. The SMILES string of the molecule is CCCC(C)C(C)CCNC(C)(C)C. The van der Waals surface area contributed by atoms with Gasteiger partial charge in [0.25, 0.3) is 0 Å². The average molecular weight is 199 g/mol. The molecule has 0 aliphatic carbocycles. The first-order valence-corrected chi connectivity index (χ1v) is 6.12. The van der Waals surface area contributed by atoms with Gasteiger partial charge in [-0.05, 0) is 45.6 Å². The standard InChI is InChI=1S/C13H29N/c1-7-8-11(2)12(3)9-10-14-13(4,5)6/h11-12,14H,7-10H2,1-6H3. The zero-order valence-corrected chi connectivity index (χ0v) is 11.0. The number of hydrogen-bond donors (Lipinski definition) is 1. The lowest BCUT2D eigenvalue weighted by Gasteiger charge is -2.24. The van der Waals surface area contributed by atoms with Gasteiger partial charge in [0.15, 0.2) is 0 Å². The molecule has 0 aromatic carbocycles. The Balaban J connectivity index is 3.58. The minimum absolute atomic E-state index is 0.272. The van der Waals surface area contributed by atoms with Gasteiger partial charge in [0.1, 0.15) is 0 Å². The summed E-state index contributed by atoms with van der Waals surface area (Å²) in [6, 6.07) is 0. The van der Waals surface area contributed by atoms with E-state index in [0.29, 0.717) is 0 Å².